The maximum Gasteiger partial charge on any atom is 0.226 e. The zero-order valence-electron chi connectivity index (χ0n) is 26.1. The number of ketones is 1. The van der Waals surface area contributed by atoms with Gasteiger partial charge < -0.3 is 24.2 Å². The first-order valence-electron chi connectivity index (χ1n) is 15.3. The number of benzene rings is 3. The molecular weight excluding hydrogens is 526 g/mol. The van der Waals surface area contributed by atoms with E-state index in [1.165, 1.54) is 0 Å². The Morgan fingerprint density at radius 2 is 1.07 bits per heavy atom. The van der Waals surface area contributed by atoms with E-state index < -0.39 is 0 Å². The van der Waals surface area contributed by atoms with Gasteiger partial charge in [-0.3, -0.25) is 9.59 Å². The fourth-order valence-electron chi connectivity index (χ4n) is 5.55. The number of carbonyl (C=O) groups excluding carboxylic acids is 2. The smallest absolute Gasteiger partial charge is 0.226 e. The Labute approximate surface area is 251 Å². The van der Waals surface area contributed by atoms with Crippen molar-refractivity contribution >= 4 is 29.1 Å². The molecule has 0 radical (unpaired) electrons. The van der Waals surface area contributed by atoms with Crippen LogP contribution >= 0.6 is 0 Å². The van der Waals surface area contributed by atoms with Crippen LogP contribution in [-0.2, 0) is 4.74 Å². The van der Waals surface area contributed by atoms with Crippen molar-refractivity contribution in [3.05, 3.63) is 71.3 Å². The summed E-state index contributed by atoms with van der Waals surface area (Å²) in [5.41, 5.74) is 7.70. The Morgan fingerprint density at radius 3 is 1.45 bits per heavy atom. The molecule has 1 aliphatic carbocycles. The van der Waals surface area contributed by atoms with E-state index in [9.17, 15) is 9.59 Å². The van der Waals surface area contributed by atoms with E-state index in [1.807, 2.05) is 19.1 Å². The van der Waals surface area contributed by atoms with Crippen LogP contribution in [-0.4, -0.2) is 63.7 Å². The van der Waals surface area contributed by atoms with Crippen molar-refractivity contribution in [1.82, 2.24) is 0 Å². The second-order valence-electron chi connectivity index (χ2n) is 10.5. The number of fused-ring (bicyclic) bond motifs is 3. The average Bonchev–Trinajstić information content (AvgIpc) is 3.64. The minimum atomic E-state index is -0.212. The van der Waals surface area contributed by atoms with Gasteiger partial charge >= 0.3 is 0 Å². The molecule has 1 saturated heterocycles. The molecule has 42 heavy (non-hydrogen) atoms. The molecule has 0 aromatic heterocycles. The van der Waals surface area contributed by atoms with E-state index in [2.05, 4.69) is 92.6 Å². The average molecular weight is 572 g/mol. The van der Waals surface area contributed by atoms with Crippen LogP contribution in [0.25, 0.3) is 11.1 Å². The van der Waals surface area contributed by atoms with Crippen LogP contribution in [0.4, 0.5) is 17.1 Å². The molecule has 2 atom stereocenters. The molecule has 0 bridgehead atoms. The highest BCUT2D eigenvalue weighted by Crippen LogP contribution is 2.40. The lowest BCUT2D eigenvalue weighted by molar-refractivity contribution is 0.104. The van der Waals surface area contributed by atoms with Gasteiger partial charge in [0.1, 0.15) is 11.9 Å². The maximum absolute atomic E-state index is 13.0. The van der Waals surface area contributed by atoms with Gasteiger partial charge in [-0.2, -0.15) is 0 Å². The highest BCUT2D eigenvalue weighted by atomic mass is 16.8. The number of nitrogens with zero attached hydrogens (tertiary/aromatic N) is 3. The molecular formula is C35H45N3O4. The van der Waals surface area contributed by atoms with Gasteiger partial charge in [-0.1, -0.05) is 12.1 Å². The van der Waals surface area contributed by atoms with Gasteiger partial charge in [0.2, 0.25) is 6.29 Å². The molecule has 1 fully saturated rings. The minimum Gasteiger partial charge on any atom is -0.461 e. The van der Waals surface area contributed by atoms with E-state index in [4.69, 9.17) is 9.47 Å². The zero-order valence-corrected chi connectivity index (χ0v) is 26.1. The van der Waals surface area contributed by atoms with Crippen molar-refractivity contribution < 1.29 is 19.1 Å². The summed E-state index contributed by atoms with van der Waals surface area (Å²) in [6.45, 7) is 20.4. The van der Waals surface area contributed by atoms with E-state index in [1.54, 1.807) is 6.07 Å². The van der Waals surface area contributed by atoms with Crippen LogP contribution in [0.2, 0.25) is 0 Å². The topological polar surface area (TPSA) is 65.6 Å². The quantitative estimate of drug-likeness (QED) is 0.133. The monoisotopic (exact) mass is 571 g/mol. The number of hydrogen-bond donors (Lipinski definition) is 0. The SMILES string of the molecule is CCN(CC)c1ccc(C=O)c(OC2OC2C)c1.CCN(CC)c1ccc2c(c1)C(=O)c1cc(N(CC)CC)ccc1-2. The van der Waals surface area contributed by atoms with E-state index in [-0.39, 0.29) is 18.2 Å². The zero-order chi connectivity index (χ0) is 30.4. The largest absolute Gasteiger partial charge is 0.461 e. The second-order valence-corrected chi connectivity index (χ2v) is 10.5. The molecule has 0 amide bonds. The fourth-order valence-corrected chi connectivity index (χ4v) is 5.55. The molecule has 7 nitrogen and oxygen atoms in total. The first-order valence-corrected chi connectivity index (χ1v) is 15.3. The number of ether oxygens (including phenoxy) is 2. The Balaban J connectivity index is 0.000000201. The number of aldehydes is 1. The third-order valence-electron chi connectivity index (χ3n) is 8.19. The van der Waals surface area contributed by atoms with E-state index in [0.29, 0.717) is 11.3 Å². The highest BCUT2D eigenvalue weighted by Gasteiger charge is 2.37. The summed E-state index contributed by atoms with van der Waals surface area (Å²) in [6.07, 6.45) is 0.714. The van der Waals surface area contributed by atoms with Gasteiger partial charge in [0.25, 0.3) is 0 Å². The lowest BCUT2D eigenvalue weighted by Crippen LogP contribution is -2.22. The van der Waals surface area contributed by atoms with Crippen molar-refractivity contribution in [2.24, 2.45) is 0 Å². The molecule has 3 aromatic rings. The molecule has 1 heterocycles. The summed E-state index contributed by atoms with van der Waals surface area (Å²) < 4.78 is 10.9. The van der Waals surface area contributed by atoms with Gasteiger partial charge in [0, 0.05) is 73.5 Å². The van der Waals surface area contributed by atoms with Crippen LogP contribution in [0.5, 0.6) is 5.75 Å². The fraction of sp³-hybridized carbons (Fsp3) is 0.429. The molecule has 0 spiro atoms. The molecule has 0 saturated carbocycles. The maximum atomic E-state index is 13.0. The van der Waals surface area contributed by atoms with Crippen molar-refractivity contribution in [1.29, 1.82) is 0 Å². The summed E-state index contributed by atoms with van der Waals surface area (Å²) in [5, 5.41) is 0. The standard InChI is InChI=1S/C21H26N2O.C14H19NO3/c1-5-22(6-2)15-9-11-17-18-12-10-16(23(7-3)8-4)14-20(18)21(24)19(17)13-15;1-4-15(5-2)12-7-6-11(9-16)13(8-12)18-14-10(3)17-14/h9-14H,5-8H2,1-4H3;6-10,14H,4-5H2,1-3H3. The number of epoxide rings is 1. The van der Waals surface area contributed by atoms with Crippen LogP contribution in [0.1, 0.15) is 74.7 Å². The van der Waals surface area contributed by atoms with Crippen molar-refractivity contribution in [2.75, 3.05) is 54.0 Å². The van der Waals surface area contributed by atoms with Crippen molar-refractivity contribution in [3.63, 3.8) is 0 Å². The Morgan fingerprint density at radius 1 is 0.667 bits per heavy atom. The van der Waals surface area contributed by atoms with Gasteiger partial charge in [-0.15, -0.1) is 0 Å². The predicted molar refractivity (Wildman–Crippen MR) is 173 cm³/mol. The molecule has 5 rings (SSSR count). The third-order valence-corrected chi connectivity index (χ3v) is 8.19. The summed E-state index contributed by atoms with van der Waals surface area (Å²) in [5.74, 6) is 0.756. The number of hydrogen-bond acceptors (Lipinski definition) is 7. The van der Waals surface area contributed by atoms with Gasteiger partial charge in [0.15, 0.2) is 12.1 Å². The normalized spacial score (nSPS) is 16.1. The molecule has 2 unspecified atom stereocenters. The molecule has 7 heteroatoms. The molecule has 3 aromatic carbocycles. The number of carbonyl (C=O) groups is 2. The summed E-state index contributed by atoms with van der Waals surface area (Å²) in [4.78, 5) is 30.7. The third kappa shape index (κ3) is 6.46. The Bertz CT molecular complexity index is 1330. The first-order chi connectivity index (χ1) is 20.3. The van der Waals surface area contributed by atoms with Crippen molar-refractivity contribution in [3.8, 4) is 16.9 Å². The van der Waals surface area contributed by atoms with Crippen LogP contribution < -0.4 is 19.4 Å². The first kappa shape index (κ1) is 31.1. The molecule has 2 aliphatic rings. The van der Waals surface area contributed by atoms with Gasteiger partial charge in [-0.25, -0.2) is 0 Å². The van der Waals surface area contributed by atoms with E-state index >= 15 is 0 Å². The molecule has 0 N–H and O–H groups in total. The summed E-state index contributed by atoms with van der Waals surface area (Å²) in [6, 6.07) is 18.2. The summed E-state index contributed by atoms with van der Waals surface area (Å²) >= 11 is 0. The number of rotatable bonds is 12. The number of anilines is 3. The van der Waals surface area contributed by atoms with Gasteiger partial charge in [0.05, 0.1) is 5.56 Å². The second kappa shape index (κ2) is 13.9. The predicted octanol–water partition coefficient (Wildman–Crippen LogP) is 7.06. The lowest BCUT2D eigenvalue weighted by atomic mass is 10.0. The molecule has 1 aliphatic heterocycles. The highest BCUT2D eigenvalue weighted by molar-refractivity contribution is 6.22. The minimum absolute atomic E-state index is 0.113. The summed E-state index contributed by atoms with van der Waals surface area (Å²) in [7, 11) is 0. The lowest BCUT2D eigenvalue weighted by Gasteiger charge is -2.22. The molecule has 224 valence electrons. The van der Waals surface area contributed by atoms with Gasteiger partial charge in [-0.05, 0) is 96.0 Å². The van der Waals surface area contributed by atoms with Crippen LogP contribution in [0.3, 0.4) is 0 Å². The Kier molecular flexibility index (Phi) is 10.3. The van der Waals surface area contributed by atoms with E-state index in [0.717, 1.165) is 84.9 Å². The Hall–Kier alpha value is -3.84. The van der Waals surface area contributed by atoms with Crippen LogP contribution in [0, 0.1) is 0 Å². The van der Waals surface area contributed by atoms with Crippen LogP contribution in [0.15, 0.2) is 54.6 Å². The van der Waals surface area contributed by atoms with Crippen molar-refractivity contribution in [2.45, 2.75) is 60.9 Å².